The molecule has 3 aliphatic carbocycles. The Hall–Kier alpha value is -3.15. The van der Waals surface area contributed by atoms with Crippen molar-refractivity contribution in [1.82, 2.24) is 0 Å². The third-order valence-corrected chi connectivity index (χ3v) is 8.43. The fourth-order valence-electron chi connectivity index (χ4n) is 6.33. The summed E-state index contributed by atoms with van der Waals surface area (Å²) in [6, 6.07) is 24.5. The Morgan fingerprint density at radius 3 is 2.22 bits per heavy atom. The Labute approximate surface area is 219 Å². The SMILES string of the molecule is CCOCC(CO)(CCC12CCC(c3ccccc31)c1ccccc12)COC(=O)c1ccc(OC)cc1. The van der Waals surface area contributed by atoms with Crippen LogP contribution in [0.1, 0.15) is 71.1 Å². The smallest absolute Gasteiger partial charge is 0.338 e. The van der Waals surface area contributed by atoms with Crippen molar-refractivity contribution in [3.63, 3.8) is 0 Å². The molecule has 0 amide bonds. The van der Waals surface area contributed by atoms with Crippen LogP contribution in [-0.2, 0) is 14.9 Å². The van der Waals surface area contributed by atoms with Crippen LogP contribution in [-0.4, -0.2) is 44.6 Å². The molecule has 3 aromatic rings. The van der Waals surface area contributed by atoms with Gasteiger partial charge in [0.05, 0.1) is 31.3 Å². The molecule has 37 heavy (non-hydrogen) atoms. The predicted molar refractivity (Wildman–Crippen MR) is 143 cm³/mol. The van der Waals surface area contributed by atoms with E-state index in [-0.39, 0.29) is 18.6 Å². The van der Waals surface area contributed by atoms with E-state index in [9.17, 15) is 9.90 Å². The lowest BCUT2D eigenvalue weighted by Crippen LogP contribution is -2.43. The van der Waals surface area contributed by atoms with Gasteiger partial charge in [-0.15, -0.1) is 0 Å². The largest absolute Gasteiger partial charge is 0.497 e. The predicted octanol–water partition coefficient (Wildman–Crippen LogP) is 5.87. The first-order valence-electron chi connectivity index (χ1n) is 13.2. The lowest BCUT2D eigenvalue weighted by Gasteiger charge is -2.50. The topological polar surface area (TPSA) is 65.0 Å². The Morgan fingerprint density at radius 2 is 1.62 bits per heavy atom. The molecule has 1 unspecified atom stereocenters. The number of fused-ring (bicyclic) bond motifs is 1. The number of ether oxygens (including phenoxy) is 3. The first kappa shape index (κ1) is 25.5. The second-order valence-electron chi connectivity index (χ2n) is 10.4. The van der Waals surface area contributed by atoms with Crippen LogP contribution in [0.3, 0.4) is 0 Å². The van der Waals surface area contributed by atoms with Gasteiger partial charge in [0.1, 0.15) is 12.4 Å². The third kappa shape index (κ3) is 4.67. The summed E-state index contributed by atoms with van der Waals surface area (Å²) in [4.78, 5) is 12.9. The minimum absolute atomic E-state index is 0.0936. The number of methoxy groups -OCH3 is 1. The molecule has 0 aliphatic heterocycles. The first-order chi connectivity index (χ1) is 18.1. The molecular formula is C32H36O5. The van der Waals surface area contributed by atoms with Gasteiger partial charge < -0.3 is 19.3 Å². The third-order valence-electron chi connectivity index (χ3n) is 8.43. The van der Waals surface area contributed by atoms with E-state index in [1.807, 2.05) is 6.92 Å². The van der Waals surface area contributed by atoms with Gasteiger partial charge in [-0.1, -0.05) is 48.5 Å². The number of aliphatic hydroxyl groups is 1. The molecule has 194 valence electrons. The Kier molecular flexibility index (Phi) is 7.36. The number of carbonyl (C=O) groups is 1. The zero-order valence-electron chi connectivity index (χ0n) is 21.7. The molecule has 5 nitrogen and oxygen atoms in total. The summed E-state index contributed by atoms with van der Waals surface area (Å²) >= 11 is 0. The summed E-state index contributed by atoms with van der Waals surface area (Å²) < 4.78 is 16.8. The molecule has 3 aromatic carbocycles. The highest BCUT2D eigenvalue weighted by molar-refractivity contribution is 5.89. The van der Waals surface area contributed by atoms with E-state index >= 15 is 0 Å². The lowest BCUT2D eigenvalue weighted by atomic mass is 9.53. The standard InChI is InChI=1S/C32H36O5/c1-3-36-21-31(20-33,22-37-30(34)23-12-14-24(35-2)15-13-23)18-19-32-17-16-25(26-8-4-6-10-28(26)32)27-9-5-7-11-29(27)32/h4-15,25,33H,3,16-22H2,1-2H3. The first-order valence-corrected chi connectivity index (χ1v) is 13.2. The molecule has 0 radical (unpaired) electrons. The van der Waals surface area contributed by atoms with E-state index in [1.54, 1.807) is 31.4 Å². The molecule has 0 fully saturated rings. The number of hydrogen-bond donors (Lipinski definition) is 1. The van der Waals surface area contributed by atoms with Crippen molar-refractivity contribution in [2.45, 2.75) is 43.9 Å². The monoisotopic (exact) mass is 500 g/mol. The van der Waals surface area contributed by atoms with Gasteiger partial charge >= 0.3 is 5.97 Å². The molecule has 5 heteroatoms. The molecule has 0 heterocycles. The average molecular weight is 501 g/mol. The summed E-state index contributed by atoms with van der Waals surface area (Å²) in [7, 11) is 1.59. The number of hydrogen-bond acceptors (Lipinski definition) is 5. The Balaban J connectivity index is 1.40. The van der Waals surface area contributed by atoms with Crippen molar-refractivity contribution in [3.05, 3.63) is 101 Å². The van der Waals surface area contributed by atoms with Gasteiger partial charge in [-0.05, 0) is 79.1 Å². The second kappa shape index (κ2) is 10.7. The molecule has 1 atom stereocenters. The number of esters is 1. The fraction of sp³-hybridized carbons (Fsp3) is 0.406. The summed E-state index contributed by atoms with van der Waals surface area (Å²) in [5.74, 6) is 0.717. The van der Waals surface area contributed by atoms with Crippen LogP contribution in [0, 0.1) is 5.41 Å². The zero-order valence-corrected chi connectivity index (χ0v) is 21.7. The van der Waals surface area contributed by atoms with Crippen LogP contribution in [0.2, 0.25) is 0 Å². The van der Waals surface area contributed by atoms with Gasteiger partial charge in [0.25, 0.3) is 0 Å². The molecule has 0 aromatic heterocycles. The van der Waals surface area contributed by atoms with Crippen LogP contribution in [0.15, 0.2) is 72.8 Å². The van der Waals surface area contributed by atoms with E-state index in [2.05, 4.69) is 48.5 Å². The van der Waals surface area contributed by atoms with E-state index in [0.717, 1.165) is 19.3 Å². The van der Waals surface area contributed by atoms with E-state index in [0.29, 0.717) is 36.9 Å². The van der Waals surface area contributed by atoms with E-state index < -0.39 is 11.4 Å². The Morgan fingerprint density at radius 1 is 0.973 bits per heavy atom. The maximum Gasteiger partial charge on any atom is 0.338 e. The van der Waals surface area contributed by atoms with Crippen LogP contribution >= 0.6 is 0 Å². The van der Waals surface area contributed by atoms with Gasteiger partial charge in [0.15, 0.2) is 0 Å². The maximum atomic E-state index is 12.9. The number of aliphatic hydroxyl groups excluding tert-OH is 1. The fourth-order valence-corrected chi connectivity index (χ4v) is 6.33. The maximum absolute atomic E-state index is 12.9. The molecule has 0 saturated carbocycles. The molecule has 1 N–H and O–H groups in total. The molecular weight excluding hydrogens is 464 g/mol. The summed E-state index contributed by atoms with van der Waals surface area (Å²) in [5.41, 5.74) is 5.32. The lowest BCUT2D eigenvalue weighted by molar-refractivity contribution is -0.0440. The molecule has 0 saturated heterocycles. The normalized spacial score (nSPS) is 21.0. The summed E-state index contributed by atoms with van der Waals surface area (Å²) in [6.45, 7) is 2.78. The summed E-state index contributed by atoms with van der Waals surface area (Å²) in [5, 5.41) is 10.7. The number of carbonyl (C=O) groups excluding carboxylic acids is 1. The van der Waals surface area contributed by atoms with Crippen LogP contribution in [0.25, 0.3) is 0 Å². The minimum Gasteiger partial charge on any atom is -0.497 e. The highest BCUT2D eigenvalue weighted by Gasteiger charge is 2.49. The van der Waals surface area contributed by atoms with Gasteiger partial charge in [-0.2, -0.15) is 0 Å². The average Bonchev–Trinajstić information content (AvgIpc) is 2.97. The van der Waals surface area contributed by atoms with Gasteiger partial charge in [0, 0.05) is 17.9 Å². The van der Waals surface area contributed by atoms with Crippen molar-refractivity contribution in [2.75, 3.05) is 33.5 Å². The van der Waals surface area contributed by atoms with Crippen LogP contribution in [0.5, 0.6) is 5.75 Å². The van der Waals surface area contributed by atoms with Crippen molar-refractivity contribution < 1.29 is 24.1 Å². The molecule has 0 spiro atoms. The van der Waals surface area contributed by atoms with Gasteiger partial charge in [0.2, 0.25) is 0 Å². The highest BCUT2D eigenvalue weighted by atomic mass is 16.5. The van der Waals surface area contributed by atoms with Crippen LogP contribution < -0.4 is 4.74 Å². The van der Waals surface area contributed by atoms with Crippen LogP contribution in [0.4, 0.5) is 0 Å². The molecule has 6 rings (SSSR count). The van der Waals surface area contributed by atoms with Crippen molar-refractivity contribution in [1.29, 1.82) is 0 Å². The highest BCUT2D eigenvalue weighted by Crippen LogP contribution is 2.58. The molecule has 2 bridgehead atoms. The van der Waals surface area contributed by atoms with Gasteiger partial charge in [-0.25, -0.2) is 4.79 Å². The zero-order chi connectivity index (χ0) is 25.9. The Bertz CT molecular complexity index is 1190. The van der Waals surface area contributed by atoms with Crippen molar-refractivity contribution in [3.8, 4) is 5.75 Å². The quantitative estimate of drug-likeness (QED) is 0.334. The van der Waals surface area contributed by atoms with E-state index in [4.69, 9.17) is 14.2 Å². The van der Waals surface area contributed by atoms with E-state index in [1.165, 1.54) is 22.3 Å². The molecule has 3 aliphatic rings. The number of rotatable bonds is 11. The second-order valence-corrected chi connectivity index (χ2v) is 10.4. The summed E-state index contributed by atoms with van der Waals surface area (Å²) in [6.07, 6.45) is 3.72. The number of benzene rings is 3. The van der Waals surface area contributed by atoms with Gasteiger partial charge in [-0.3, -0.25) is 0 Å². The van der Waals surface area contributed by atoms with Crippen molar-refractivity contribution in [2.24, 2.45) is 5.41 Å². The minimum atomic E-state index is -0.689. The van der Waals surface area contributed by atoms with Crippen molar-refractivity contribution >= 4 is 5.97 Å².